The minimum Gasteiger partial charge on any atom is -0.321 e. The van der Waals surface area contributed by atoms with Gasteiger partial charge in [-0.25, -0.2) is 14.2 Å². The highest BCUT2D eigenvalue weighted by Gasteiger charge is 2.12. The minimum absolute atomic E-state index is 0.273. The van der Waals surface area contributed by atoms with Crippen LogP contribution in [-0.2, 0) is 6.54 Å². The monoisotopic (exact) mass is 330 g/mol. The van der Waals surface area contributed by atoms with Gasteiger partial charge in [0, 0.05) is 36.7 Å². The quantitative estimate of drug-likeness (QED) is 0.792. The third-order valence-electron chi connectivity index (χ3n) is 3.28. The zero-order valence-electron chi connectivity index (χ0n) is 12.4. The number of aromatic nitrogens is 2. The van der Waals surface area contributed by atoms with Gasteiger partial charge in [0.2, 0.25) is 0 Å². The summed E-state index contributed by atoms with van der Waals surface area (Å²) in [5, 5.41) is 5.49. The summed E-state index contributed by atoms with van der Waals surface area (Å²) in [6, 6.07) is 7.83. The first-order valence-corrected chi connectivity index (χ1v) is 7.85. The number of halogens is 1. The third-order valence-corrected chi connectivity index (χ3v) is 4.05. The third kappa shape index (κ3) is 3.57. The first-order chi connectivity index (χ1) is 11.1. The average Bonchev–Trinajstić information content (AvgIpc) is 3.22. The second kappa shape index (κ2) is 6.62. The second-order valence-electron chi connectivity index (χ2n) is 4.97. The number of nitrogens with zero attached hydrogens (tertiary/aromatic N) is 3. The zero-order chi connectivity index (χ0) is 16.2. The van der Waals surface area contributed by atoms with Gasteiger partial charge in [-0.2, -0.15) is 0 Å². The Balaban J connectivity index is 1.72. The zero-order valence-corrected chi connectivity index (χ0v) is 13.3. The molecule has 2 heterocycles. The highest BCUT2D eigenvalue weighted by molar-refractivity contribution is 7.09. The SMILES string of the molecule is CN(Cc1nccs1)C(=O)Nc1ccc(F)c(-n2cccc2)c1. The van der Waals surface area contributed by atoms with Crippen molar-refractivity contribution in [3.05, 3.63) is 65.1 Å². The van der Waals surface area contributed by atoms with Gasteiger partial charge in [0.25, 0.3) is 0 Å². The van der Waals surface area contributed by atoms with E-state index in [1.54, 1.807) is 36.3 Å². The molecule has 118 valence electrons. The summed E-state index contributed by atoms with van der Waals surface area (Å²) in [6.45, 7) is 0.426. The van der Waals surface area contributed by atoms with Crippen molar-refractivity contribution in [2.75, 3.05) is 12.4 Å². The fourth-order valence-corrected chi connectivity index (χ4v) is 2.78. The molecule has 2 amide bonds. The fourth-order valence-electron chi connectivity index (χ4n) is 2.11. The van der Waals surface area contributed by atoms with E-state index in [4.69, 9.17) is 0 Å². The number of nitrogens with one attached hydrogen (secondary N) is 1. The van der Waals surface area contributed by atoms with Crippen LogP contribution in [0.15, 0.2) is 54.3 Å². The maximum atomic E-state index is 13.9. The van der Waals surface area contributed by atoms with Crippen LogP contribution in [0.25, 0.3) is 5.69 Å². The van der Waals surface area contributed by atoms with Crippen molar-refractivity contribution >= 4 is 23.1 Å². The topological polar surface area (TPSA) is 50.2 Å². The summed E-state index contributed by atoms with van der Waals surface area (Å²) in [6.07, 6.45) is 5.20. The van der Waals surface area contributed by atoms with E-state index in [1.807, 2.05) is 17.5 Å². The molecule has 3 rings (SSSR count). The number of thiazole rings is 1. The Morgan fingerprint density at radius 2 is 2.17 bits per heavy atom. The van der Waals surface area contributed by atoms with E-state index in [0.29, 0.717) is 17.9 Å². The summed E-state index contributed by atoms with van der Waals surface area (Å²) in [5.41, 5.74) is 0.918. The molecule has 5 nitrogen and oxygen atoms in total. The predicted octanol–water partition coefficient (Wildman–Crippen LogP) is 3.74. The van der Waals surface area contributed by atoms with E-state index < -0.39 is 0 Å². The molecule has 1 N–H and O–H groups in total. The first-order valence-electron chi connectivity index (χ1n) is 6.97. The lowest BCUT2D eigenvalue weighted by atomic mass is 10.2. The summed E-state index contributed by atoms with van der Waals surface area (Å²) in [4.78, 5) is 17.9. The van der Waals surface area contributed by atoms with Gasteiger partial charge in [-0.1, -0.05) is 0 Å². The Bertz CT molecular complexity index is 787. The van der Waals surface area contributed by atoms with Gasteiger partial charge in [-0.05, 0) is 30.3 Å². The molecule has 0 saturated heterocycles. The van der Waals surface area contributed by atoms with E-state index in [2.05, 4.69) is 10.3 Å². The Morgan fingerprint density at radius 3 is 2.87 bits per heavy atom. The van der Waals surface area contributed by atoms with E-state index >= 15 is 0 Å². The molecular weight excluding hydrogens is 315 g/mol. The molecule has 0 spiro atoms. The van der Waals surface area contributed by atoms with Crippen LogP contribution in [0.1, 0.15) is 5.01 Å². The number of carbonyl (C=O) groups excluding carboxylic acids is 1. The van der Waals surface area contributed by atoms with Crippen LogP contribution in [0.2, 0.25) is 0 Å². The smallest absolute Gasteiger partial charge is 0.321 e. The lowest BCUT2D eigenvalue weighted by Crippen LogP contribution is -2.30. The van der Waals surface area contributed by atoms with E-state index in [-0.39, 0.29) is 11.8 Å². The Labute approximate surface area is 137 Å². The molecule has 0 atom stereocenters. The van der Waals surface area contributed by atoms with E-state index in [9.17, 15) is 9.18 Å². The number of rotatable bonds is 4. The number of amides is 2. The van der Waals surface area contributed by atoms with Crippen molar-refractivity contribution in [3.8, 4) is 5.69 Å². The molecule has 0 fully saturated rings. The normalized spacial score (nSPS) is 10.5. The van der Waals surface area contributed by atoms with Gasteiger partial charge in [0.15, 0.2) is 0 Å². The molecule has 1 aromatic carbocycles. The summed E-state index contributed by atoms with van der Waals surface area (Å²) in [7, 11) is 1.69. The highest BCUT2D eigenvalue weighted by Crippen LogP contribution is 2.19. The lowest BCUT2D eigenvalue weighted by molar-refractivity contribution is 0.220. The highest BCUT2D eigenvalue weighted by atomic mass is 32.1. The molecule has 0 saturated carbocycles. The first kappa shape index (κ1) is 15.2. The van der Waals surface area contributed by atoms with Gasteiger partial charge >= 0.3 is 6.03 Å². The van der Waals surface area contributed by atoms with Gasteiger partial charge < -0.3 is 14.8 Å². The van der Waals surface area contributed by atoms with Crippen LogP contribution in [0, 0.1) is 5.82 Å². The largest absolute Gasteiger partial charge is 0.321 e. The van der Waals surface area contributed by atoms with Gasteiger partial charge in [-0.3, -0.25) is 0 Å². The molecule has 23 heavy (non-hydrogen) atoms. The Morgan fingerprint density at radius 1 is 1.39 bits per heavy atom. The van der Waals surface area contributed by atoms with Gasteiger partial charge in [-0.15, -0.1) is 11.3 Å². The van der Waals surface area contributed by atoms with Gasteiger partial charge in [0.1, 0.15) is 10.8 Å². The van der Waals surface area contributed by atoms with E-state index in [0.717, 1.165) is 5.01 Å². The fraction of sp³-hybridized carbons (Fsp3) is 0.125. The standard InChI is InChI=1S/C16H15FN4OS/c1-20(11-15-18-6-9-23-15)16(22)19-12-4-5-13(17)14(10-12)21-7-2-3-8-21/h2-10H,11H2,1H3,(H,19,22). The average molecular weight is 330 g/mol. The molecule has 0 aliphatic rings. The maximum Gasteiger partial charge on any atom is 0.321 e. The van der Waals surface area contributed by atoms with Gasteiger partial charge in [0.05, 0.1) is 12.2 Å². The van der Waals surface area contributed by atoms with Crippen molar-refractivity contribution in [1.29, 1.82) is 0 Å². The number of anilines is 1. The molecule has 7 heteroatoms. The number of urea groups is 1. The van der Waals surface area contributed by atoms with Crippen molar-refractivity contribution in [2.24, 2.45) is 0 Å². The second-order valence-corrected chi connectivity index (χ2v) is 5.95. The molecule has 0 aliphatic carbocycles. The van der Waals surface area contributed by atoms with Crippen molar-refractivity contribution < 1.29 is 9.18 Å². The molecule has 2 aromatic heterocycles. The summed E-state index contributed by atoms with van der Waals surface area (Å²) >= 11 is 1.49. The predicted molar refractivity (Wildman–Crippen MR) is 88.3 cm³/mol. The lowest BCUT2D eigenvalue weighted by Gasteiger charge is -2.17. The summed E-state index contributed by atoms with van der Waals surface area (Å²) in [5.74, 6) is -0.352. The van der Waals surface area contributed by atoms with Crippen molar-refractivity contribution in [1.82, 2.24) is 14.5 Å². The van der Waals surface area contributed by atoms with Crippen LogP contribution in [0.5, 0.6) is 0 Å². The minimum atomic E-state index is -0.352. The van der Waals surface area contributed by atoms with E-state index in [1.165, 1.54) is 28.4 Å². The summed E-state index contributed by atoms with van der Waals surface area (Å²) < 4.78 is 15.6. The number of hydrogen-bond acceptors (Lipinski definition) is 3. The van der Waals surface area contributed by atoms with Crippen LogP contribution < -0.4 is 5.32 Å². The van der Waals surface area contributed by atoms with Crippen LogP contribution in [0.3, 0.4) is 0 Å². The number of benzene rings is 1. The molecule has 0 unspecified atom stereocenters. The number of carbonyl (C=O) groups is 1. The molecule has 0 bridgehead atoms. The molecule has 0 radical (unpaired) electrons. The van der Waals surface area contributed by atoms with Crippen LogP contribution >= 0.6 is 11.3 Å². The number of hydrogen-bond donors (Lipinski definition) is 1. The molecular formula is C16H15FN4OS. The van der Waals surface area contributed by atoms with Crippen LogP contribution in [-0.4, -0.2) is 27.5 Å². The molecule has 3 aromatic rings. The Kier molecular flexibility index (Phi) is 4.38. The van der Waals surface area contributed by atoms with Crippen LogP contribution in [0.4, 0.5) is 14.9 Å². The molecule has 0 aliphatic heterocycles. The van der Waals surface area contributed by atoms with Crippen molar-refractivity contribution in [2.45, 2.75) is 6.54 Å². The Hall–Kier alpha value is -2.67. The van der Waals surface area contributed by atoms with Crippen molar-refractivity contribution in [3.63, 3.8) is 0 Å². The maximum absolute atomic E-state index is 13.9.